The largest absolute Gasteiger partial charge is 0.481 e. The lowest BCUT2D eigenvalue weighted by Gasteiger charge is -2.33. The van der Waals surface area contributed by atoms with Crippen LogP contribution in [0.4, 0.5) is 4.39 Å². The Balaban J connectivity index is 1.79. The summed E-state index contributed by atoms with van der Waals surface area (Å²) >= 11 is 0. The Morgan fingerprint density at radius 3 is 2.39 bits per heavy atom. The lowest BCUT2D eigenvalue weighted by atomic mass is 9.92. The van der Waals surface area contributed by atoms with Crippen molar-refractivity contribution in [3.63, 3.8) is 0 Å². The maximum Gasteiger partial charge on any atom is 0.303 e. The maximum atomic E-state index is 13.1. The van der Waals surface area contributed by atoms with E-state index in [4.69, 9.17) is 5.11 Å². The van der Waals surface area contributed by atoms with Crippen LogP contribution in [-0.2, 0) is 4.79 Å². The minimum Gasteiger partial charge on any atom is -0.481 e. The van der Waals surface area contributed by atoms with E-state index in [2.05, 4.69) is 0 Å². The highest BCUT2D eigenvalue weighted by molar-refractivity contribution is 6.15. The molecule has 0 saturated carbocycles. The molecule has 28 heavy (non-hydrogen) atoms. The molecule has 2 aromatic carbocycles. The van der Waals surface area contributed by atoms with Gasteiger partial charge < -0.3 is 10.0 Å². The van der Waals surface area contributed by atoms with Crippen molar-refractivity contribution in [1.29, 1.82) is 0 Å². The first-order valence-corrected chi connectivity index (χ1v) is 9.36. The van der Waals surface area contributed by atoms with E-state index in [1.54, 1.807) is 29.2 Å². The number of carbonyl (C=O) groups is 3. The van der Waals surface area contributed by atoms with Gasteiger partial charge in [-0.05, 0) is 55.5 Å². The zero-order valence-corrected chi connectivity index (χ0v) is 15.4. The molecule has 5 nitrogen and oxygen atoms in total. The number of ketones is 1. The number of benzene rings is 2. The predicted molar refractivity (Wildman–Crippen MR) is 102 cm³/mol. The van der Waals surface area contributed by atoms with Crippen LogP contribution < -0.4 is 0 Å². The van der Waals surface area contributed by atoms with Crippen molar-refractivity contribution in [1.82, 2.24) is 4.90 Å². The van der Waals surface area contributed by atoms with Gasteiger partial charge in [-0.25, -0.2) is 4.39 Å². The third-order valence-corrected chi connectivity index (χ3v) is 5.08. The van der Waals surface area contributed by atoms with Crippen LogP contribution >= 0.6 is 0 Å². The number of halogens is 1. The van der Waals surface area contributed by atoms with Crippen molar-refractivity contribution < 1.29 is 23.9 Å². The van der Waals surface area contributed by atoms with Crippen LogP contribution in [0.2, 0.25) is 0 Å². The van der Waals surface area contributed by atoms with Crippen molar-refractivity contribution in [3.05, 3.63) is 71.0 Å². The molecule has 0 spiro atoms. The summed E-state index contributed by atoms with van der Waals surface area (Å²) in [5, 5.41) is 8.88. The van der Waals surface area contributed by atoms with E-state index in [0.717, 1.165) is 12.8 Å². The SMILES string of the molecule is O=C(O)CCC1CCCN(C(=O)c2ccccc2C(=O)c2ccc(F)cc2)C1. The van der Waals surface area contributed by atoms with E-state index in [1.165, 1.54) is 24.3 Å². The molecular formula is C22H22FNO4. The predicted octanol–water partition coefficient (Wildman–Crippen LogP) is 3.77. The minimum atomic E-state index is -0.835. The number of likely N-dealkylation sites (tertiary alicyclic amines) is 1. The van der Waals surface area contributed by atoms with Crippen LogP contribution in [0.3, 0.4) is 0 Å². The molecular weight excluding hydrogens is 361 g/mol. The van der Waals surface area contributed by atoms with Gasteiger partial charge in [-0.15, -0.1) is 0 Å². The summed E-state index contributed by atoms with van der Waals surface area (Å²) in [6.07, 6.45) is 2.33. The Bertz CT molecular complexity index is 878. The van der Waals surface area contributed by atoms with Crippen molar-refractivity contribution >= 4 is 17.7 Å². The number of hydrogen-bond acceptors (Lipinski definition) is 3. The zero-order valence-electron chi connectivity index (χ0n) is 15.4. The van der Waals surface area contributed by atoms with Crippen LogP contribution in [-0.4, -0.2) is 40.8 Å². The molecule has 0 aliphatic carbocycles. The Kier molecular flexibility index (Phi) is 6.19. The Labute approximate surface area is 162 Å². The molecule has 6 heteroatoms. The van der Waals surface area contributed by atoms with Crippen molar-refractivity contribution in [3.8, 4) is 0 Å². The van der Waals surface area contributed by atoms with Crippen molar-refractivity contribution in [2.75, 3.05) is 13.1 Å². The second-order valence-electron chi connectivity index (χ2n) is 7.07. The average molecular weight is 383 g/mol. The van der Waals surface area contributed by atoms with Gasteiger partial charge >= 0.3 is 5.97 Å². The standard InChI is InChI=1S/C22H22FNO4/c23-17-10-8-16(9-11-17)21(27)18-5-1-2-6-19(18)22(28)24-13-3-4-15(14-24)7-12-20(25)26/h1-2,5-6,8-11,15H,3-4,7,12-14H2,(H,25,26). The topological polar surface area (TPSA) is 74.7 Å². The number of rotatable bonds is 6. The number of carbonyl (C=O) groups excluding carboxylic acids is 2. The number of aliphatic carboxylic acids is 1. The number of carboxylic acids is 1. The van der Waals surface area contributed by atoms with E-state index in [1.807, 2.05) is 0 Å². The summed E-state index contributed by atoms with van der Waals surface area (Å²) in [6, 6.07) is 11.9. The quantitative estimate of drug-likeness (QED) is 0.771. The van der Waals surface area contributed by atoms with Gasteiger partial charge in [0.25, 0.3) is 5.91 Å². The molecule has 1 heterocycles. The highest BCUT2D eigenvalue weighted by atomic mass is 19.1. The van der Waals surface area contributed by atoms with Gasteiger partial charge in [-0.3, -0.25) is 14.4 Å². The monoisotopic (exact) mass is 383 g/mol. The summed E-state index contributed by atoms with van der Waals surface area (Å²) < 4.78 is 13.1. The Morgan fingerprint density at radius 2 is 1.71 bits per heavy atom. The second-order valence-corrected chi connectivity index (χ2v) is 7.07. The van der Waals surface area contributed by atoms with Gasteiger partial charge in [-0.2, -0.15) is 0 Å². The third kappa shape index (κ3) is 4.63. The lowest BCUT2D eigenvalue weighted by molar-refractivity contribution is -0.137. The van der Waals surface area contributed by atoms with Gasteiger partial charge in [0.05, 0.1) is 5.56 Å². The molecule has 1 N–H and O–H groups in total. The average Bonchev–Trinajstić information content (AvgIpc) is 2.72. The van der Waals surface area contributed by atoms with Crippen LogP contribution in [0, 0.1) is 11.7 Å². The highest BCUT2D eigenvalue weighted by Gasteiger charge is 2.27. The third-order valence-electron chi connectivity index (χ3n) is 5.08. The van der Waals surface area contributed by atoms with Gasteiger partial charge in [-0.1, -0.05) is 18.2 Å². The van der Waals surface area contributed by atoms with Crippen LogP contribution in [0.1, 0.15) is 52.0 Å². The second kappa shape index (κ2) is 8.78. The molecule has 146 valence electrons. The van der Waals surface area contributed by atoms with E-state index < -0.39 is 11.8 Å². The fourth-order valence-electron chi connectivity index (χ4n) is 3.61. The minimum absolute atomic E-state index is 0.0896. The molecule has 1 unspecified atom stereocenters. The van der Waals surface area contributed by atoms with Crippen LogP contribution in [0.5, 0.6) is 0 Å². The molecule has 2 aromatic rings. The summed E-state index contributed by atoms with van der Waals surface area (Å²) in [5.41, 5.74) is 0.919. The smallest absolute Gasteiger partial charge is 0.303 e. The molecule has 1 aliphatic rings. The first kappa shape index (κ1) is 19.7. The number of amides is 1. The fraction of sp³-hybridized carbons (Fsp3) is 0.318. The lowest BCUT2D eigenvalue weighted by Crippen LogP contribution is -2.40. The highest BCUT2D eigenvalue weighted by Crippen LogP contribution is 2.24. The normalized spacial score (nSPS) is 16.6. The number of piperidine rings is 1. The molecule has 1 atom stereocenters. The van der Waals surface area contributed by atoms with E-state index >= 15 is 0 Å². The fourth-order valence-corrected chi connectivity index (χ4v) is 3.61. The van der Waals surface area contributed by atoms with Crippen LogP contribution in [0.25, 0.3) is 0 Å². The number of nitrogens with zero attached hydrogens (tertiary/aromatic N) is 1. The van der Waals surface area contributed by atoms with E-state index in [9.17, 15) is 18.8 Å². The first-order chi connectivity index (χ1) is 13.5. The van der Waals surface area contributed by atoms with Crippen molar-refractivity contribution in [2.45, 2.75) is 25.7 Å². The molecule has 0 radical (unpaired) electrons. The van der Waals surface area contributed by atoms with Gasteiger partial charge in [0.2, 0.25) is 0 Å². The molecule has 3 rings (SSSR count). The Hall–Kier alpha value is -3.02. The van der Waals surface area contributed by atoms with Gasteiger partial charge in [0, 0.05) is 30.6 Å². The molecule has 1 saturated heterocycles. The summed E-state index contributed by atoms with van der Waals surface area (Å²) in [7, 11) is 0. The zero-order chi connectivity index (χ0) is 20.1. The molecule has 1 aliphatic heterocycles. The van der Waals surface area contributed by atoms with Gasteiger partial charge in [0.15, 0.2) is 5.78 Å². The molecule has 0 aromatic heterocycles. The summed E-state index contributed by atoms with van der Waals surface area (Å²) in [5.74, 6) is -1.68. The Morgan fingerprint density at radius 1 is 1.04 bits per heavy atom. The van der Waals surface area contributed by atoms with Gasteiger partial charge in [0.1, 0.15) is 5.82 Å². The summed E-state index contributed by atoms with van der Waals surface area (Å²) in [6.45, 7) is 1.08. The molecule has 1 fully saturated rings. The first-order valence-electron chi connectivity index (χ1n) is 9.36. The molecule has 1 amide bonds. The van der Waals surface area contributed by atoms with Crippen LogP contribution in [0.15, 0.2) is 48.5 Å². The number of carboxylic acid groups (broad SMARTS) is 1. The van der Waals surface area contributed by atoms with Crippen molar-refractivity contribution in [2.24, 2.45) is 5.92 Å². The molecule has 0 bridgehead atoms. The van der Waals surface area contributed by atoms with E-state index in [0.29, 0.717) is 30.6 Å². The van der Waals surface area contributed by atoms with E-state index in [-0.39, 0.29) is 29.6 Å². The maximum absolute atomic E-state index is 13.1. The number of hydrogen-bond donors (Lipinski definition) is 1. The summed E-state index contributed by atoms with van der Waals surface area (Å²) in [4.78, 5) is 38.5.